The minimum absolute atomic E-state index is 0.113. The number of nitrogens with one attached hydrogen (secondary N) is 1. The van der Waals surface area contributed by atoms with E-state index in [1.54, 1.807) is 0 Å². The molecule has 0 saturated carbocycles. The Labute approximate surface area is 129 Å². The van der Waals surface area contributed by atoms with Crippen molar-refractivity contribution >= 4 is 11.6 Å². The quantitative estimate of drug-likeness (QED) is 0.783. The molecule has 0 atom stereocenters. The van der Waals surface area contributed by atoms with Crippen LogP contribution in [0, 0.1) is 20.8 Å². The van der Waals surface area contributed by atoms with Crippen LogP contribution in [0.2, 0.25) is 0 Å². The van der Waals surface area contributed by atoms with Gasteiger partial charge in [-0.2, -0.15) is 0 Å². The fraction of sp³-hybridized carbons (Fsp3) is 0.611. The van der Waals surface area contributed by atoms with Gasteiger partial charge in [0.05, 0.1) is 0 Å². The highest BCUT2D eigenvalue weighted by Crippen LogP contribution is 2.22. The number of hydrogen-bond acceptors (Lipinski definition) is 2. The third-order valence-electron chi connectivity index (χ3n) is 3.68. The van der Waals surface area contributed by atoms with Crippen LogP contribution < -0.4 is 5.32 Å². The van der Waals surface area contributed by atoms with Crippen LogP contribution in [0.4, 0.5) is 5.69 Å². The highest BCUT2D eigenvalue weighted by Gasteiger charge is 2.10. The highest BCUT2D eigenvalue weighted by molar-refractivity contribution is 5.92. The van der Waals surface area contributed by atoms with Gasteiger partial charge in [-0.25, -0.2) is 0 Å². The molecule has 3 nitrogen and oxygen atoms in total. The van der Waals surface area contributed by atoms with Crippen LogP contribution in [0.25, 0.3) is 0 Å². The molecule has 118 valence electrons. The number of anilines is 1. The average Bonchev–Trinajstić information content (AvgIpc) is 2.40. The summed E-state index contributed by atoms with van der Waals surface area (Å²) in [6.45, 7) is 13.5. The summed E-state index contributed by atoms with van der Waals surface area (Å²) in [5.41, 5.74) is 4.49. The van der Waals surface area contributed by atoms with Gasteiger partial charge < -0.3 is 10.2 Å². The molecule has 1 aromatic rings. The molecule has 1 aromatic carbocycles. The molecule has 21 heavy (non-hydrogen) atoms. The van der Waals surface area contributed by atoms with E-state index in [-0.39, 0.29) is 5.91 Å². The van der Waals surface area contributed by atoms with Gasteiger partial charge in [0.1, 0.15) is 0 Å². The van der Waals surface area contributed by atoms with Gasteiger partial charge in [-0.1, -0.05) is 31.5 Å². The van der Waals surface area contributed by atoms with Crippen molar-refractivity contribution in [1.29, 1.82) is 0 Å². The molecule has 0 aliphatic heterocycles. The molecule has 0 aromatic heterocycles. The van der Waals surface area contributed by atoms with Gasteiger partial charge in [-0.3, -0.25) is 4.79 Å². The molecular formula is C18H30N2O. The lowest BCUT2D eigenvalue weighted by atomic mass is 10.0. The summed E-state index contributed by atoms with van der Waals surface area (Å²) in [5, 5.41) is 3.08. The van der Waals surface area contributed by atoms with E-state index in [1.165, 1.54) is 5.56 Å². The minimum atomic E-state index is 0.113. The Morgan fingerprint density at radius 3 is 2.00 bits per heavy atom. The third kappa shape index (κ3) is 5.88. The Balaban J connectivity index is 2.57. The predicted octanol–water partition coefficient (Wildman–Crippen LogP) is 4.06. The molecule has 1 amide bonds. The van der Waals surface area contributed by atoms with Gasteiger partial charge in [0.25, 0.3) is 0 Å². The van der Waals surface area contributed by atoms with Gasteiger partial charge in [0.15, 0.2) is 0 Å². The smallest absolute Gasteiger partial charge is 0.225 e. The van der Waals surface area contributed by atoms with Crippen LogP contribution in [0.15, 0.2) is 12.1 Å². The second-order valence-corrected chi connectivity index (χ2v) is 5.91. The largest absolute Gasteiger partial charge is 0.326 e. The molecule has 0 radical (unpaired) electrons. The molecule has 1 rings (SSSR count). The van der Waals surface area contributed by atoms with E-state index in [0.717, 1.165) is 49.3 Å². The number of amides is 1. The number of aryl methyl sites for hydroxylation is 3. The van der Waals surface area contributed by atoms with E-state index in [2.05, 4.69) is 57.0 Å². The van der Waals surface area contributed by atoms with Gasteiger partial charge in [0.2, 0.25) is 5.91 Å². The summed E-state index contributed by atoms with van der Waals surface area (Å²) < 4.78 is 0. The lowest BCUT2D eigenvalue weighted by molar-refractivity contribution is -0.116. The van der Waals surface area contributed by atoms with E-state index in [4.69, 9.17) is 0 Å². The summed E-state index contributed by atoms with van der Waals surface area (Å²) in [6, 6.07) is 4.23. The molecule has 0 heterocycles. The molecule has 0 aliphatic carbocycles. The van der Waals surface area contributed by atoms with Crippen molar-refractivity contribution in [2.24, 2.45) is 0 Å². The molecule has 0 aliphatic rings. The van der Waals surface area contributed by atoms with Crippen LogP contribution in [0.1, 0.15) is 49.8 Å². The molecule has 3 heteroatoms. The molecule has 0 fully saturated rings. The zero-order chi connectivity index (χ0) is 15.8. The monoisotopic (exact) mass is 290 g/mol. The maximum atomic E-state index is 12.2. The number of hydrogen-bond donors (Lipinski definition) is 1. The van der Waals surface area contributed by atoms with Gasteiger partial charge in [0, 0.05) is 18.7 Å². The Hall–Kier alpha value is -1.35. The Morgan fingerprint density at radius 2 is 1.52 bits per heavy atom. The molecule has 1 N–H and O–H groups in total. The fourth-order valence-electron chi connectivity index (χ4n) is 2.81. The Bertz CT molecular complexity index is 439. The van der Waals surface area contributed by atoms with Gasteiger partial charge >= 0.3 is 0 Å². The predicted molar refractivity (Wildman–Crippen MR) is 90.9 cm³/mol. The van der Waals surface area contributed by atoms with Crippen LogP contribution >= 0.6 is 0 Å². The molecule has 0 saturated heterocycles. The number of benzene rings is 1. The van der Waals surface area contributed by atoms with Crippen molar-refractivity contribution in [3.05, 3.63) is 28.8 Å². The number of nitrogens with zero attached hydrogens (tertiary/aromatic N) is 1. The second-order valence-electron chi connectivity index (χ2n) is 5.91. The lowest BCUT2D eigenvalue weighted by Crippen LogP contribution is -2.29. The number of carbonyl (C=O) groups is 1. The molecular weight excluding hydrogens is 260 g/mol. The van der Waals surface area contributed by atoms with Crippen molar-refractivity contribution < 1.29 is 4.79 Å². The first-order chi connectivity index (χ1) is 9.97. The van der Waals surface area contributed by atoms with E-state index >= 15 is 0 Å². The highest BCUT2D eigenvalue weighted by atomic mass is 16.1. The summed E-state index contributed by atoms with van der Waals surface area (Å²) in [6.07, 6.45) is 2.84. The van der Waals surface area contributed by atoms with Crippen molar-refractivity contribution in [3.63, 3.8) is 0 Å². The summed E-state index contributed by atoms with van der Waals surface area (Å²) in [5.74, 6) is 0.113. The maximum absolute atomic E-state index is 12.2. The van der Waals surface area contributed by atoms with Crippen LogP contribution in [0.3, 0.4) is 0 Å². The van der Waals surface area contributed by atoms with E-state index < -0.39 is 0 Å². The standard InChI is InChI=1S/C18H30N2O/c1-6-9-20(10-7-2)11-8-17(21)19-18-15(4)12-14(3)13-16(18)5/h12-13H,6-11H2,1-5H3,(H,19,21). The van der Waals surface area contributed by atoms with Crippen molar-refractivity contribution in [2.75, 3.05) is 25.0 Å². The van der Waals surface area contributed by atoms with Gasteiger partial charge in [-0.05, 0) is 57.8 Å². The first-order valence-electron chi connectivity index (χ1n) is 8.08. The first-order valence-corrected chi connectivity index (χ1v) is 8.08. The summed E-state index contributed by atoms with van der Waals surface area (Å²) in [7, 11) is 0. The SMILES string of the molecule is CCCN(CCC)CCC(=O)Nc1c(C)cc(C)cc1C. The van der Waals surface area contributed by atoms with E-state index in [1.807, 2.05) is 0 Å². The third-order valence-corrected chi connectivity index (χ3v) is 3.68. The zero-order valence-electron chi connectivity index (χ0n) is 14.3. The van der Waals surface area contributed by atoms with Gasteiger partial charge in [-0.15, -0.1) is 0 Å². The molecule has 0 bridgehead atoms. The van der Waals surface area contributed by atoms with Crippen LogP contribution in [0.5, 0.6) is 0 Å². The topological polar surface area (TPSA) is 32.3 Å². The average molecular weight is 290 g/mol. The normalized spacial score (nSPS) is 11.0. The molecule has 0 unspecified atom stereocenters. The minimum Gasteiger partial charge on any atom is -0.326 e. The second kappa shape index (κ2) is 8.83. The first kappa shape index (κ1) is 17.7. The zero-order valence-corrected chi connectivity index (χ0v) is 14.3. The van der Waals surface area contributed by atoms with E-state index in [9.17, 15) is 4.79 Å². The Morgan fingerprint density at radius 1 is 1.00 bits per heavy atom. The number of rotatable bonds is 8. The van der Waals surface area contributed by atoms with Crippen molar-refractivity contribution in [1.82, 2.24) is 4.90 Å². The summed E-state index contributed by atoms with van der Waals surface area (Å²) >= 11 is 0. The van der Waals surface area contributed by atoms with Crippen molar-refractivity contribution in [3.8, 4) is 0 Å². The van der Waals surface area contributed by atoms with Crippen LogP contribution in [-0.4, -0.2) is 30.4 Å². The molecule has 0 spiro atoms. The Kier molecular flexibility index (Phi) is 7.44. The summed E-state index contributed by atoms with van der Waals surface area (Å²) in [4.78, 5) is 14.5. The number of carbonyl (C=O) groups excluding carboxylic acids is 1. The lowest BCUT2D eigenvalue weighted by Gasteiger charge is -2.21. The van der Waals surface area contributed by atoms with E-state index in [0.29, 0.717) is 6.42 Å². The van der Waals surface area contributed by atoms with Crippen LogP contribution in [-0.2, 0) is 4.79 Å². The van der Waals surface area contributed by atoms with Crippen molar-refractivity contribution in [2.45, 2.75) is 53.9 Å². The fourth-order valence-corrected chi connectivity index (χ4v) is 2.81. The maximum Gasteiger partial charge on any atom is 0.225 e.